The number of esters is 1. The van der Waals surface area contributed by atoms with Crippen LogP contribution in [0.1, 0.15) is 26.5 Å². The van der Waals surface area contributed by atoms with Gasteiger partial charge in [0, 0.05) is 10.7 Å². The summed E-state index contributed by atoms with van der Waals surface area (Å²) >= 11 is 3.36. The van der Waals surface area contributed by atoms with Gasteiger partial charge >= 0.3 is 5.97 Å². The van der Waals surface area contributed by atoms with E-state index in [0.717, 1.165) is 0 Å². The molecule has 20 heavy (non-hydrogen) atoms. The predicted molar refractivity (Wildman–Crippen MR) is 75.8 cm³/mol. The number of halogens is 1. The Kier molecular flexibility index (Phi) is 3.77. The zero-order valence-corrected chi connectivity index (χ0v) is 12.9. The molecule has 2 heterocycles. The molecule has 0 atom stereocenters. The number of carbonyl (C=O) groups is 1. The molecule has 2 aromatic heterocycles. The Morgan fingerprint density at radius 2 is 2.20 bits per heavy atom. The van der Waals surface area contributed by atoms with E-state index in [0.29, 0.717) is 15.5 Å². The maximum atomic E-state index is 11.9. The maximum Gasteiger partial charge on any atom is 0.326 e. The summed E-state index contributed by atoms with van der Waals surface area (Å²) in [6, 6.07) is 2.01. The minimum atomic E-state index is -0.538. The van der Waals surface area contributed by atoms with Gasteiger partial charge in [0.1, 0.15) is 30.2 Å². The number of hydrogen-bond donors (Lipinski definition) is 0. The van der Waals surface area contributed by atoms with Crippen molar-refractivity contribution in [2.24, 2.45) is 0 Å². The number of hydrogen-bond acceptors (Lipinski definition) is 5. The van der Waals surface area contributed by atoms with Crippen LogP contribution in [0.4, 0.5) is 0 Å². The van der Waals surface area contributed by atoms with E-state index in [2.05, 4.69) is 25.9 Å². The number of carbonyl (C=O) groups excluding carboxylic acids is 1. The Labute approximate surface area is 124 Å². The molecule has 0 unspecified atom stereocenters. The standard InChI is InChI=1S/C13H13BrN4O2/c1-13(2,3)20-10(19)6-18-5-8(14)11-9(4-15)16-7-17-12(11)18/h5,7H,6H2,1-3H3. The smallest absolute Gasteiger partial charge is 0.326 e. The van der Waals surface area contributed by atoms with E-state index in [4.69, 9.17) is 10.00 Å². The van der Waals surface area contributed by atoms with Crippen molar-refractivity contribution >= 4 is 32.9 Å². The lowest BCUT2D eigenvalue weighted by Crippen LogP contribution is -2.26. The third-order valence-electron chi connectivity index (χ3n) is 2.43. The van der Waals surface area contributed by atoms with Crippen molar-refractivity contribution in [1.82, 2.24) is 14.5 Å². The van der Waals surface area contributed by atoms with E-state index in [9.17, 15) is 4.79 Å². The van der Waals surface area contributed by atoms with Crippen LogP contribution in [0.15, 0.2) is 17.0 Å². The Balaban J connectivity index is 2.38. The molecule has 0 aliphatic carbocycles. The molecule has 2 rings (SSSR count). The lowest BCUT2D eigenvalue weighted by atomic mass is 10.2. The molecule has 0 spiro atoms. The highest BCUT2D eigenvalue weighted by Gasteiger charge is 2.19. The first kappa shape index (κ1) is 14.5. The molecule has 0 amide bonds. The van der Waals surface area contributed by atoms with Gasteiger partial charge in [-0.05, 0) is 36.7 Å². The molecule has 0 aromatic carbocycles. The van der Waals surface area contributed by atoms with E-state index in [-0.39, 0.29) is 18.2 Å². The summed E-state index contributed by atoms with van der Waals surface area (Å²) in [4.78, 5) is 19.9. The van der Waals surface area contributed by atoms with Crippen LogP contribution in [-0.4, -0.2) is 26.1 Å². The molecule has 0 bridgehead atoms. The lowest BCUT2D eigenvalue weighted by molar-refractivity contribution is -0.155. The summed E-state index contributed by atoms with van der Waals surface area (Å²) in [6.07, 6.45) is 3.00. The van der Waals surface area contributed by atoms with Crippen LogP contribution < -0.4 is 0 Å². The van der Waals surface area contributed by atoms with Gasteiger partial charge in [0.2, 0.25) is 0 Å². The quantitative estimate of drug-likeness (QED) is 0.786. The van der Waals surface area contributed by atoms with Crippen molar-refractivity contribution in [1.29, 1.82) is 5.26 Å². The van der Waals surface area contributed by atoms with Crippen LogP contribution in [0.2, 0.25) is 0 Å². The van der Waals surface area contributed by atoms with Crippen LogP contribution >= 0.6 is 15.9 Å². The average Bonchev–Trinajstić information content (AvgIpc) is 2.64. The summed E-state index contributed by atoms with van der Waals surface area (Å²) in [5.41, 5.74) is 0.253. The summed E-state index contributed by atoms with van der Waals surface area (Å²) in [5, 5.41) is 9.64. The van der Waals surface area contributed by atoms with E-state index in [1.165, 1.54) is 6.33 Å². The Morgan fingerprint density at radius 1 is 1.50 bits per heavy atom. The summed E-state index contributed by atoms with van der Waals surface area (Å²) in [5.74, 6) is -0.362. The van der Waals surface area contributed by atoms with Crippen LogP contribution in [-0.2, 0) is 16.1 Å². The van der Waals surface area contributed by atoms with E-state index in [1.54, 1.807) is 10.8 Å². The fourth-order valence-corrected chi connectivity index (χ4v) is 2.41. The van der Waals surface area contributed by atoms with Gasteiger partial charge in [-0.1, -0.05) is 0 Å². The van der Waals surface area contributed by atoms with Gasteiger partial charge in [-0.25, -0.2) is 9.97 Å². The topological polar surface area (TPSA) is 80.8 Å². The van der Waals surface area contributed by atoms with Gasteiger partial charge in [-0.15, -0.1) is 0 Å². The lowest BCUT2D eigenvalue weighted by Gasteiger charge is -2.19. The maximum absolute atomic E-state index is 11.9. The number of ether oxygens (including phenoxy) is 1. The minimum Gasteiger partial charge on any atom is -0.459 e. The number of rotatable bonds is 2. The minimum absolute atomic E-state index is 0.0290. The SMILES string of the molecule is CC(C)(C)OC(=O)Cn1cc(Br)c2c(C#N)ncnc21. The second-order valence-electron chi connectivity index (χ2n) is 5.22. The largest absolute Gasteiger partial charge is 0.459 e. The predicted octanol–water partition coefficient (Wildman–Crippen LogP) is 2.41. The number of aromatic nitrogens is 3. The monoisotopic (exact) mass is 336 g/mol. The van der Waals surface area contributed by atoms with Crippen LogP contribution in [0.25, 0.3) is 11.0 Å². The molecule has 0 N–H and O–H groups in total. The van der Waals surface area contributed by atoms with Gasteiger partial charge in [-0.2, -0.15) is 5.26 Å². The molecule has 0 saturated carbocycles. The second-order valence-corrected chi connectivity index (χ2v) is 6.08. The molecular formula is C13H13BrN4O2. The fourth-order valence-electron chi connectivity index (χ4n) is 1.79. The normalized spacial score (nSPS) is 11.3. The van der Waals surface area contributed by atoms with Gasteiger partial charge in [0.25, 0.3) is 0 Å². The molecule has 2 aromatic rings. The third-order valence-corrected chi connectivity index (χ3v) is 3.03. The Bertz CT molecular complexity index is 709. The summed E-state index contributed by atoms with van der Waals surface area (Å²) < 4.78 is 7.58. The first-order valence-electron chi connectivity index (χ1n) is 5.93. The van der Waals surface area contributed by atoms with Crippen molar-refractivity contribution in [3.8, 4) is 6.07 Å². The summed E-state index contributed by atoms with van der Waals surface area (Å²) in [6.45, 7) is 5.46. The Morgan fingerprint density at radius 3 is 2.80 bits per heavy atom. The first-order chi connectivity index (χ1) is 9.31. The van der Waals surface area contributed by atoms with Crippen molar-refractivity contribution in [3.63, 3.8) is 0 Å². The first-order valence-corrected chi connectivity index (χ1v) is 6.72. The summed E-state index contributed by atoms with van der Waals surface area (Å²) in [7, 11) is 0. The van der Waals surface area contributed by atoms with E-state index >= 15 is 0 Å². The van der Waals surface area contributed by atoms with Gasteiger partial charge in [0.05, 0.1) is 5.39 Å². The molecule has 0 radical (unpaired) electrons. The van der Waals surface area contributed by atoms with Crippen molar-refractivity contribution in [3.05, 3.63) is 22.7 Å². The van der Waals surface area contributed by atoms with Gasteiger partial charge < -0.3 is 9.30 Å². The number of nitrogens with zero attached hydrogens (tertiary/aromatic N) is 4. The molecule has 104 valence electrons. The highest BCUT2D eigenvalue weighted by atomic mass is 79.9. The van der Waals surface area contributed by atoms with Crippen LogP contribution in [0.5, 0.6) is 0 Å². The molecule has 7 heteroatoms. The fraction of sp³-hybridized carbons (Fsp3) is 0.385. The van der Waals surface area contributed by atoms with Crippen molar-refractivity contribution in [2.75, 3.05) is 0 Å². The molecule has 0 saturated heterocycles. The average molecular weight is 337 g/mol. The van der Waals surface area contributed by atoms with Crippen molar-refractivity contribution in [2.45, 2.75) is 32.9 Å². The highest BCUT2D eigenvalue weighted by molar-refractivity contribution is 9.10. The second kappa shape index (κ2) is 5.21. The van der Waals surface area contributed by atoms with Crippen LogP contribution in [0, 0.1) is 11.3 Å². The van der Waals surface area contributed by atoms with Gasteiger partial charge in [-0.3, -0.25) is 4.79 Å². The highest BCUT2D eigenvalue weighted by Crippen LogP contribution is 2.26. The zero-order chi connectivity index (χ0) is 14.9. The third kappa shape index (κ3) is 2.96. The number of fused-ring (bicyclic) bond motifs is 1. The molecule has 0 aliphatic heterocycles. The Hall–Kier alpha value is -1.94. The van der Waals surface area contributed by atoms with Crippen LogP contribution in [0.3, 0.4) is 0 Å². The number of nitriles is 1. The zero-order valence-electron chi connectivity index (χ0n) is 11.3. The van der Waals surface area contributed by atoms with Crippen molar-refractivity contribution < 1.29 is 9.53 Å². The van der Waals surface area contributed by atoms with E-state index in [1.807, 2.05) is 26.8 Å². The van der Waals surface area contributed by atoms with E-state index < -0.39 is 5.60 Å². The molecule has 6 nitrogen and oxygen atoms in total. The molecule has 0 fully saturated rings. The molecular weight excluding hydrogens is 324 g/mol. The molecule has 0 aliphatic rings. The van der Waals surface area contributed by atoms with Gasteiger partial charge in [0.15, 0.2) is 5.69 Å².